The van der Waals surface area contributed by atoms with Gasteiger partial charge < -0.3 is 9.47 Å². The minimum atomic E-state index is -5.21. The van der Waals surface area contributed by atoms with Gasteiger partial charge in [0.1, 0.15) is 0 Å². The molecule has 0 N–H and O–H groups in total. The van der Waals surface area contributed by atoms with Crippen LogP contribution < -0.4 is 0 Å². The van der Waals surface area contributed by atoms with Crippen molar-refractivity contribution in [1.29, 1.82) is 0 Å². The fourth-order valence-corrected chi connectivity index (χ4v) is 1.52. The molecule has 10 heteroatoms. The van der Waals surface area contributed by atoms with Gasteiger partial charge in [0.2, 0.25) is 0 Å². The van der Waals surface area contributed by atoms with E-state index in [0.717, 1.165) is 0 Å². The van der Waals surface area contributed by atoms with Crippen molar-refractivity contribution in [3.05, 3.63) is 0 Å². The second kappa shape index (κ2) is 6.10. The molecule has 122 valence electrons. The highest BCUT2D eigenvalue weighted by molar-refractivity contribution is 5.71. The first-order valence-electron chi connectivity index (χ1n) is 6.02. The van der Waals surface area contributed by atoms with Crippen LogP contribution in [0.3, 0.4) is 0 Å². The fraction of sp³-hybridized carbons (Fsp3) is 0.818. The molecule has 0 radical (unpaired) electrons. The molecule has 0 saturated carbocycles. The van der Waals surface area contributed by atoms with Crippen molar-refractivity contribution in [1.82, 2.24) is 0 Å². The molecule has 0 bridgehead atoms. The lowest BCUT2D eigenvalue weighted by molar-refractivity contribution is -0.338. The summed E-state index contributed by atoms with van der Waals surface area (Å²) in [5.74, 6) is -7.96. The lowest BCUT2D eigenvalue weighted by Crippen LogP contribution is -2.45. The van der Waals surface area contributed by atoms with Crippen molar-refractivity contribution in [2.24, 2.45) is 0 Å². The average Bonchev–Trinajstić information content (AvgIpc) is 2.30. The summed E-state index contributed by atoms with van der Waals surface area (Å²) in [6, 6.07) is 0. The van der Waals surface area contributed by atoms with E-state index in [2.05, 4.69) is 9.47 Å². The van der Waals surface area contributed by atoms with E-state index in [-0.39, 0.29) is 12.8 Å². The summed E-state index contributed by atoms with van der Waals surface area (Å²) >= 11 is 0. The van der Waals surface area contributed by atoms with Crippen molar-refractivity contribution < 1.29 is 45.4 Å². The maximum Gasteiger partial charge on any atom is 0.466 e. The van der Waals surface area contributed by atoms with Gasteiger partial charge in [0, 0.05) is 19.3 Å². The third-order valence-corrected chi connectivity index (χ3v) is 2.67. The molecule has 1 rings (SSSR count). The van der Waals surface area contributed by atoms with Crippen molar-refractivity contribution >= 4 is 11.9 Å². The second-order valence-corrected chi connectivity index (χ2v) is 4.51. The van der Waals surface area contributed by atoms with E-state index in [0.29, 0.717) is 0 Å². The summed E-state index contributed by atoms with van der Waals surface area (Å²) in [5.41, 5.74) is 0. The third kappa shape index (κ3) is 5.09. The minimum Gasteiger partial charge on any atom is -0.401 e. The maximum absolute atomic E-state index is 13.2. The van der Waals surface area contributed by atoms with Crippen LogP contribution in [0.15, 0.2) is 0 Å². The molecule has 1 saturated heterocycles. The second-order valence-electron chi connectivity index (χ2n) is 4.51. The normalized spacial score (nSPS) is 26.6. The highest BCUT2D eigenvalue weighted by Crippen LogP contribution is 2.41. The monoisotopic (exact) mass is 322 g/mol. The van der Waals surface area contributed by atoms with Crippen LogP contribution in [0.25, 0.3) is 0 Å². The van der Waals surface area contributed by atoms with Crippen LogP contribution in [0, 0.1) is 0 Å². The Morgan fingerprint density at radius 1 is 0.762 bits per heavy atom. The van der Waals surface area contributed by atoms with Gasteiger partial charge in [-0.25, -0.2) is 0 Å². The molecule has 0 aromatic carbocycles. The average molecular weight is 322 g/mol. The molecule has 1 aliphatic heterocycles. The molecule has 1 aliphatic rings. The summed E-state index contributed by atoms with van der Waals surface area (Å²) in [6.07, 6.45) is -14.8. The zero-order valence-electron chi connectivity index (χ0n) is 10.6. The van der Waals surface area contributed by atoms with Gasteiger partial charge in [0.15, 0.2) is 0 Å². The zero-order chi connectivity index (χ0) is 16.3. The molecule has 1 fully saturated rings. The van der Waals surface area contributed by atoms with Gasteiger partial charge in [-0.2, -0.15) is 26.3 Å². The molecule has 0 aromatic heterocycles. The fourth-order valence-electron chi connectivity index (χ4n) is 1.52. The molecule has 0 unspecified atom stereocenters. The van der Waals surface area contributed by atoms with E-state index in [4.69, 9.17) is 0 Å². The SMILES string of the molecule is O=C1CCCCC(=O)OC(F)(F)C(F)(F)CCC(F)(F)O1. The summed E-state index contributed by atoms with van der Waals surface area (Å²) in [4.78, 5) is 22.0. The van der Waals surface area contributed by atoms with Crippen molar-refractivity contribution in [2.75, 3.05) is 0 Å². The summed E-state index contributed by atoms with van der Waals surface area (Å²) in [7, 11) is 0. The number of carbonyl (C=O) groups excluding carboxylic acids is 2. The van der Waals surface area contributed by atoms with Crippen LogP contribution in [-0.4, -0.2) is 30.1 Å². The molecule has 4 nitrogen and oxygen atoms in total. The third-order valence-electron chi connectivity index (χ3n) is 2.67. The predicted molar refractivity (Wildman–Crippen MR) is 54.7 cm³/mol. The number of carbonyl (C=O) groups is 2. The van der Waals surface area contributed by atoms with E-state index < -0.39 is 55.8 Å². The van der Waals surface area contributed by atoms with E-state index in [1.807, 2.05) is 0 Å². The molecule has 0 amide bonds. The molecule has 0 aliphatic carbocycles. The minimum absolute atomic E-state index is 0.105. The van der Waals surface area contributed by atoms with Crippen LogP contribution >= 0.6 is 0 Å². The van der Waals surface area contributed by atoms with Crippen LogP contribution in [0.4, 0.5) is 26.3 Å². The highest BCUT2D eigenvalue weighted by atomic mass is 19.3. The Balaban J connectivity index is 2.92. The topological polar surface area (TPSA) is 52.6 Å². The first-order chi connectivity index (χ1) is 9.45. The summed E-state index contributed by atoms with van der Waals surface area (Å²) < 4.78 is 85.8. The van der Waals surface area contributed by atoms with Crippen LogP contribution in [0.2, 0.25) is 0 Å². The van der Waals surface area contributed by atoms with Gasteiger partial charge in [-0.3, -0.25) is 9.59 Å². The van der Waals surface area contributed by atoms with Gasteiger partial charge >= 0.3 is 30.1 Å². The Morgan fingerprint density at radius 3 is 1.76 bits per heavy atom. The van der Waals surface area contributed by atoms with Crippen molar-refractivity contribution in [2.45, 2.75) is 56.7 Å². The van der Waals surface area contributed by atoms with Crippen molar-refractivity contribution in [3.8, 4) is 0 Å². The maximum atomic E-state index is 13.2. The summed E-state index contributed by atoms with van der Waals surface area (Å²) in [5, 5.41) is 0. The Kier molecular flexibility index (Phi) is 5.11. The Morgan fingerprint density at radius 2 is 1.24 bits per heavy atom. The number of ether oxygens (including phenoxy) is 2. The van der Waals surface area contributed by atoms with Gasteiger partial charge in [0.05, 0.1) is 6.42 Å². The number of rotatable bonds is 0. The van der Waals surface area contributed by atoms with Gasteiger partial charge in [-0.1, -0.05) is 0 Å². The smallest absolute Gasteiger partial charge is 0.401 e. The molecule has 0 atom stereocenters. The molecular weight excluding hydrogens is 310 g/mol. The van der Waals surface area contributed by atoms with Gasteiger partial charge in [-0.05, 0) is 12.8 Å². The predicted octanol–water partition coefficient (Wildman–Crippen LogP) is 3.25. The highest BCUT2D eigenvalue weighted by Gasteiger charge is 2.61. The Hall–Kier alpha value is -1.48. The van der Waals surface area contributed by atoms with Gasteiger partial charge in [-0.15, -0.1) is 0 Å². The first kappa shape index (κ1) is 17.6. The standard InChI is InChI=1S/C11H12F6O4/c12-9(13)5-6-10(14,15)20-7(18)3-1-2-4-8(19)21-11(9,16)17/h1-6H2. The number of alkyl halides is 6. The number of esters is 2. The number of hydrogen-bond acceptors (Lipinski definition) is 4. The number of hydrogen-bond donors (Lipinski definition) is 0. The molecular formula is C11H12F6O4. The quantitative estimate of drug-likeness (QED) is 0.507. The lowest BCUT2D eigenvalue weighted by atomic mass is 10.1. The Bertz CT molecular complexity index is 410. The molecule has 1 heterocycles. The number of cyclic esters (lactones) is 2. The first-order valence-corrected chi connectivity index (χ1v) is 6.02. The van der Waals surface area contributed by atoms with Crippen LogP contribution in [-0.2, 0) is 19.1 Å². The molecule has 21 heavy (non-hydrogen) atoms. The van der Waals surface area contributed by atoms with Crippen molar-refractivity contribution in [3.63, 3.8) is 0 Å². The summed E-state index contributed by atoms with van der Waals surface area (Å²) in [6.45, 7) is 0. The zero-order valence-corrected chi connectivity index (χ0v) is 10.6. The largest absolute Gasteiger partial charge is 0.466 e. The van der Waals surface area contributed by atoms with Crippen LogP contribution in [0.1, 0.15) is 38.5 Å². The lowest BCUT2D eigenvalue weighted by Gasteiger charge is -2.26. The molecule has 0 aromatic rings. The van der Waals surface area contributed by atoms with E-state index in [9.17, 15) is 35.9 Å². The van der Waals surface area contributed by atoms with Crippen LogP contribution in [0.5, 0.6) is 0 Å². The number of halogens is 6. The van der Waals surface area contributed by atoms with E-state index in [1.54, 1.807) is 0 Å². The van der Waals surface area contributed by atoms with Gasteiger partial charge in [0.25, 0.3) is 0 Å². The van der Waals surface area contributed by atoms with E-state index >= 15 is 0 Å². The van der Waals surface area contributed by atoms with E-state index in [1.165, 1.54) is 0 Å². The Labute approximate surface area is 115 Å². The molecule has 0 spiro atoms.